The lowest BCUT2D eigenvalue weighted by Crippen LogP contribution is -2.49. The maximum absolute atomic E-state index is 11.8. The Hall–Kier alpha value is -1.85. The Kier molecular flexibility index (Phi) is 4.65. The fourth-order valence-corrected chi connectivity index (χ4v) is 2.34. The number of aromatic nitrogens is 2. The highest BCUT2D eigenvalue weighted by molar-refractivity contribution is 5.68. The summed E-state index contributed by atoms with van der Waals surface area (Å²) in [6, 6.07) is 4.00. The van der Waals surface area contributed by atoms with E-state index in [0.717, 1.165) is 37.4 Å². The highest BCUT2D eigenvalue weighted by atomic mass is 16.6. The van der Waals surface area contributed by atoms with E-state index in [2.05, 4.69) is 20.4 Å². The fourth-order valence-electron chi connectivity index (χ4n) is 2.34. The minimum absolute atomic E-state index is 0.0803. The summed E-state index contributed by atoms with van der Waals surface area (Å²) in [6.07, 6.45) is 1.61. The lowest BCUT2D eigenvalue weighted by molar-refractivity contribution is 0.0500. The Labute approximate surface area is 125 Å². The van der Waals surface area contributed by atoms with Gasteiger partial charge in [-0.3, -0.25) is 0 Å². The van der Waals surface area contributed by atoms with Crippen LogP contribution in [0.25, 0.3) is 0 Å². The second-order valence-corrected chi connectivity index (χ2v) is 6.46. The van der Waals surface area contributed by atoms with Crippen LogP contribution in [-0.2, 0) is 4.74 Å². The molecule has 0 radical (unpaired) electrons. The minimum atomic E-state index is -0.471. The number of aryl methyl sites for hydroxylation is 1. The third-order valence-electron chi connectivity index (χ3n) is 3.25. The molecular formula is C15H24N4O2. The fraction of sp³-hybridized carbons (Fsp3) is 0.667. The molecule has 2 heterocycles. The van der Waals surface area contributed by atoms with E-state index in [1.165, 1.54) is 0 Å². The van der Waals surface area contributed by atoms with E-state index in [-0.39, 0.29) is 12.1 Å². The quantitative estimate of drug-likeness (QED) is 0.905. The van der Waals surface area contributed by atoms with Crippen LogP contribution in [0.1, 0.15) is 39.3 Å². The van der Waals surface area contributed by atoms with Gasteiger partial charge >= 0.3 is 6.09 Å². The first-order valence-corrected chi connectivity index (χ1v) is 7.38. The first-order valence-electron chi connectivity index (χ1n) is 7.38. The first kappa shape index (κ1) is 15.5. The summed E-state index contributed by atoms with van der Waals surface area (Å²) in [5.74, 6) is 0.858. The van der Waals surface area contributed by atoms with Crippen LogP contribution >= 0.6 is 0 Å². The van der Waals surface area contributed by atoms with E-state index < -0.39 is 5.60 Å². The normalized spacial score (nSPS) is 19.2. The Morgan fingerprint density at radius 1 is 1.38 bits per heavy atom. The van der Waals surface area contributed by atoms with Crippen molar-refractivity contribution in [3.8, 4) is 0 Å². The number of hydrogen-bond acceptors (Lipinski definition) is 5. The molecule has 0 aromatic carbocycles. The van der Waals surface area contributed by atoms with E-state index in [9.17, 15) is 4.79 Å². The highest BCUT2D eigenvalue weighted by Crippen LogP contribution is 2.17. The predicted octanol–water partition coefficient (Wildman–Crippen LogP) is 2.28. The van der Waals surface area contributed by atoms with Crippen LogP contribution in [0.2, 0.25) is 0 Å². The molecule has 0 bridgehead atoms. The maximum atomic E-state index is 11.8. The molecule has 0 unspecified atom stereocenters. The number of ether oxygens (including phenoxy) is 1. The Balaban J connectivity index is 1.91. The van der Waals surface area contributed by atoms with Gasteiger partial charge < -0.3 is 15.0 Å². The lowest BCUT2D eigenvalue weighted by Gasteiger charge is -2.34. The molecule has 6 nitrogen and oxygen atoms in total. The van der Waals surface area contributed by atoms with Crippen molar-refractivity contribution < 1.29 is 9.53 Å². The lowest BCUT2D eigenvalue weighted by atomic mass is 10.1. The summed E-state index contributed by atoms with van der Waals surface area (Å²) < 4.78 is 5.30. The molecule has 0 spiro atoms. The second-order valence-electron chi connectivity index (χ2n) is 6.46. The molecule has 116 valence electrons. The SMILES string of the molecule is Cc1ccc(N2CCC[C@@H](NC(=O)OC(C)(C)C)C2)nn1. The van der Waals surface area contributed by atoms with Crippen molar-refractivity contribution in [2.24, 2.45) is 0 Å². The average Bonchev–Trinajstić information content (AvgIpc) is 2.37. The van der Waals surface area contributed by atoms with Crippen LogP contribution < -0.4 is 10.2 Å². The second kappa shape index (κ2) is 6.28. The van der Waals surface area contributed by atoms with Crippen molar-refractivity contribution in [2.75, 3.05) is 18.0 Å². The van der Waals surface area contributed by atoms with Crippen LogP contribution in [0.4, 0.5) is 10.6 Å². The van der Waals surface area contributed by atoms with Gasteiger partial charge in [-0.15, -0.1) is 5.10 Å². The molecule has 6 heteroatoms. The van der Waals surface area contributed by atoms with Crippen LogP contribution in [0, 0.1) is 6.92 Å². The number of hydrogen-bond donors (Lipinski definition) is 1. The van der Waals surface area contributed by atoms with E-state index in [1.54, 1.807) is 0 Å². The zero-order valence-electron chi connectivity index (χ0n) is 13.2. The molecule has 1 aromatic rings. The van der Waals surface area contributed by atoms with E-state index in [0.29, 0.717) is 0 Å². The summed E-state index contributed by atoms with van der Waals surface area (Å²) in [5.41, 5.74) is 0.431. The molecule has 2 rings (SSSR count). The van der Waals surface area contributed by atoms with Crippen molar-refractivity contribution in [3.05, 3.63) is 17.8 Å². The van der Waals surface area contributed by atoms with E-state index in [4.69, 9.17) is 4.74 Å². The minimum Gasteiger partial charge on any atom is -0.444 e. The maximum Gasteiger partial charge on any atom is 0.407 e. The third kappa shape index (κ3) is 4.88. The standard InChI is InChI=1S/C15H24N4O2/c1-11-7-8-13(18-17-11)19-9-5-6-12(10-19)16-14(20)21-15(2,3)4/h7-8,12H,5-6,9-10H2,1-4H3,(H,16,20)/t12-/m1/s1. The first-order chi connectivity index (χ1) is 9.83. The van der Waals surface area contributed by atoms with Crippen molar-refractivity contribution in [3.63, 3.8) is 0 Å². The summed E-state index contributed by atoms with van der Waals surface area (Å²) in [4.78, 5) is 14.0. The molecule has 1 amide bonds. The van der Waals surface area contributed by atoms with Gasteiger partial charge in [-0.25, -0.2) is 4.79 Å². The van der Waals surface area contributed by atoms with Gasteiger partial charge in [-0.05, 0) is 52.7 Å². The van der Waals surface area contributed by atoms with Gasteiger partial charge in [-0.2, -0.15) is 5.10 Å². The van der Waals surface area contributed by atoms with Gasteiger partial charge in [0.1, 0.15) is 5.60 Å². The number of alkyl carbamates (subject to hydrolysis) is 1. The van der Waals surface area contributed by atoms with Gasteiger partial charge in [0.2, 0.25) is 0 Å². The van der Waals surface area contributed by atoms with E-state index >= 15 is 0 Å². The van der Waals surface area contributed by atoms with Gasteiger partial charge in [0.05, 0.1) is 5.69 Å². The molecule has 1 aliphatic rings. The van der Waals surface area contributed by atoms with Crippen LogP contribution in [0.5, 0.6) is 0 Å². The number of amides is 1. The Morgan fingerprint density at radius 3 is 2.76 bits per heavy atom. The largest absolute Gasteiger partial charge is 0.444 e. The topological polar surface area (TPSA) is 67.4 Å². The average molecular weight is 292 g/mol. The molecule has 1 N–H and O–H groups in total. The molecule has 0 saturated carbocycles. The molecule has 1 saturated heterocycles. The predicted molar refractivity (Wildman–Crippen MR) is 81.4 cm³/mol. The van der Waals surface area contributed by atoms with Crippen molar-refractivity contribution >= 4 is 11.9 Å². The van der Waals surface area contributed by atoms with Gasteiger partial charge in [0.15, 0.2) is 5.82 Å². The highest BCUT2D eigenvalue weighted by Gasteiger charge is 2.24. The van der Waals surface area contributed by atoms with Crippen LogP contribution in [0.3, 0.4) is 0 Å². The Bertz CT molecular complexity index is 481. The number of piperidine rings is 1. The number of nitrogens with zero attached hydrogens (tertiary/aromatic N) is 3. The molecule has 1 fully saturated rings. The van der Waals surface area contributed by atoms with Crippen molar-refractivity contribution in [1.29, 1.82) is 0 Å². The number of rotatable bonds is 2. The number of carbonyl (C=O) groups excluding carboxylic acids is 1. The van der Waals surface area contributed by atoms with Gasteiger partial charge in [0.25, 0.3) is 0 Å². The zero-order chi connectivity index (χ0) is 15.5. The number of nitrogens with one attached hydrogen (secondary N) is 1. The molecule has 0 aliphatic carbocycles. The molecule has 1 aromatic heterocycles. The smallest absolute Gasteiger partial charge is 0.407 e. The summed E-state index contributed by atoms with van der Waals surface area (Å²) in [6.45, 7) is 9.17. The molecular weight excluding hydrogens is 268 g/mol. The summed E-state index contributed by atoms with van der Waals surface area (Å²) in [5, 5.41) is 11.2. The van der Waals surface area contributed by atoms with Crippen LogP contribution in [-0.4, -0.2) is 41.0 Å². The van der Waals surface area contributed by atoms with Crippen molar-refractivity contribution in [2.45, 2.75) is 52.2 Å². The summed E-state index contributed by atoms with van der Waals surface area (Å²) >= 11 is 0. The van der Waals surface area contributed by atoms with Crippen LogP contribution in [0.15, 0.2) is 12.1 Å². The Morgan fingerprint density at radius 2 is 2.14 bits per heavy atom. The number of carbonyl (C=O) groups is 1. The molecule has 1 atom stereocenters. The number of anilines is 1. The van der Waals surface area contributed by atoms with E-state index in [1.807, 2.05) is 39.8 Å². The van der Waals surface area contributed by atoms with Gasteiger partial charge in [-0.1, -0.05) is 0 Å². The molecule has 1 aliphatic heterocycles. The van der Waals surface area contributed by atoms with Crippen molar-refractivity contribution in [1.82, 2.24) is 15.5 Å². The summed E-state index contributed by atoms with van der Waals surface area (Å²) in [7, 11) is 0. The van der Waals surface area contributed by atoms with Gasteiger partial charge in [0, 0.05) is 19.1 Å². The zero-order valence-corrected chi connectivity index (χ0v) is 13.2. The monoisotopic (exact) mass is 292 g/mol. The molecule has 21 heavy (non-hydrogen) atoms. The third-order valence-corrected chi connectivity index (χ3v) is 3.25.